The smallest absolute Gasteiger partial charge is 0.221 e. The molecule has 148 valence electrons. The van der Waals surface area contributed by atoms with Crippen LogP contribution in [-0.4, -0.2) is 36.5 Å². The molecule has 1 aliphatic rings. The maximum atomic E-state index is 12.0. The number of aromatic nitrogens is 1. The maximum absolute atomic E-state index is 12.0. The SMILES string of the molecule is CN=C(NCCC(=O)NC1CCCCC1)NCc1nc(C(C)C)cs1.I. The molecule has 0 spiro atoms. The molecule has 0 aromatic carbocycles. The molecule has 8 heteroatoms. The first kappa shape index (κ1) is 23.1. The molecular formula is C18H32IN5OS. The van der Waals surface area contributed by atoms with Crippen molar-refractivity contribution in [3.05, 3.63) is 16.1 Å². The molecule has 0 saturated heterocycles. The van der Waals surface area contributed by atoms with Gasteiger partial charge < -0.3 is 16.0 Å². The summed E-state index contributed by atoms with van der Waals surface area (Å²) in [5, 5.41) is 12.7. The number of carbonyl (C=O) groups is 1. The Morgan fingerprint density at radius 1 is 1.31 bits per heavy atom. The van der Waals surface area contributed by atoms with Crippen LogP contribution in [0.25, 0.3) is 0 Å². The summed E-state index contributed by atoms with van der Waals surface area (Å²) < 4.78 is 0. The van der Waals surface area contributed by atoms with Gasteiger partial charge in [-0.15, -0.1) is 35.3 Å². The van der Waals surface area contributed by atoms with Crippen LogP contribution < -0.4 is 16.0 Å². The molecule has 1 aliphatic carbocycles. The van der Waals surface area contributed by atoms with E-state index in [1.54, 1.807) is 18.4 Å². The molecule has 0 atom stereocenters. The van der Waals surface area contributed by atoms with Gasteiger partial charge in [0.05, 0.1) is 12.2 Å². The normalized spacial score (nSPS) is 15.5. The van der Waals surface area contributed by atoms with Crippen molar-refractivity contribution in [3.63, 3.8) is 0 Å². The van der Waals surface area contributed by atoms with Crippen LogP contribution in [0.2, 0.25) is 0 Å². The Labute approximate surface area is 178 Å². The molecule has 1 aromatic heterocycles. The van der Waals surface area contributed by atoms with Crippen LogP contribution in [-0.2, 0) is 11.3 Å². The van der Waals surface area contributed by atoms with Crippen molar-refractivity contribution in [3.8, 4) is 0 Å². The summed E-state index contributed by atoms with van der Waals surface area (Å²) in [4.78, 5) is 20.8. The van der Waals surface area contributed by atoms with Gasteiger partial charge in [0.25, 0.3) is 0 Å². The first-order chi connectivity index (χ1) is 12.1. The predicted octanol–water partition coefficient (Wildman–Crippen LogP) is 3.39. The second-order valence-corrected chi connectivity index (χ2v) is 7.77. The number of halogens is 1. The molecule has 1 aromatic rings. The first-order valence-corrected chi connectivity index (χ1v) is 10.1. The van der Waals surface area contributed by atoms with E-state index in [4.69, 9.17) is 0 Å². The molecule has 3 N–H and O–H groups in total. The second kappa shape index (κ2) is 12.5. The Bertz CT molecular complexity index is 570. The number of rotatable bonds is 7. The zero-order chi connectivity index (χ0) is 18.1. The Balaban J connectivity index is 0.00000338. The number of hydrogen-bond donors (Lipinski definition) is 3. The molecular weight excluding hydrogens is 461 g/mol. The number of nitrogens with one attached hydrogen (secondary N) is 3. The van der Waals surface area contributed by atoms with Gasteiger partial charge in [-0.3, -0.25) is 9.79 Å². The number of aliphatic imine (C=N–C) groups is 1. The average molecular weight is 493 g/mol. The number of guanidine groups is 1. The van der Waals surface area contributed by atoms with Crippen LogP contribution in [0, 0.1) is 0 Å². The van der Waals surface area contributed by atoms with Crippen molar-refractivity contribution in [2.24, 2.45) is 4.99 Å². The number of hydrogen-bond acceptors (Lipinski definition) is 4. The zero-order valence-electron chi connectivity index (χ0n) is 16.0. The fourth-order valence-corrected chi connectivity index (χ4v) is 3.79. The van der Waals surface area contributed by atoms with Gasteiger partial charge in [-0.05, 0) is 18.8 Å². The van der Waals surface area contributed by atoms with Crippen molar-refractivity contribution < 1.29 is 4.79 Å². The van der Waals surface area contributed by atoms with Crippen LogP contribution >= 0.6 is 35.3 Å². The summed E-state index contributed by atoms with van der Waals surface area (Å²) >= 11 is 1.66. The summed E-state index contributed by atoms with van der Waals surface area (Å²) in [6.45, 7) is 5.51. The van der Waals surface area contributed by atoms with Crippen molar-refractivity contribution >= 4 is 47.2 Å². The predicted molar refractivity (Wildman–Crippen MR) is 119 cm³/mol. The van der Waals surface area contributed by atoms with E-state index in [1.165, 1.54) is 19.3 Å². The molecule has 0 unspecified atom stereocenters. The van der Waals surface area contributed by atoms with Crippen LogP contribution in [0.15, 0.2) is 10.4 Å². The minimum absolute atomic E-state index is 0. The quantitative estimate of drug-likeness (QED) is 0.309. The third-order valence-electron chi connectivity index (χ3n) is 4.41. The second-order valence-electron chi connectivity index (χ2n) is 6.83. The highest BCUT2D eigenvalue weighted by molar-refractivity contribution is 14.0. The molecule has 1 fully saturated rings. The minimum Gasteiger partial charge on any atom is -0.356 e. The summed E-state index contributed by atoms with van der Waals surface area (Å²) in [5.41, 5.74) is 1.13. The van der Waals surface area contributed by atoms with E-state index in [0.717, 1.165) is 23.5 Å². The molecule has 26 heavy (non-hydrogen) atoms. The van der Waals surface area contributed by atoms with Gasteiger partial charge in [-0.25, -0.2) is 4.98 Å². The largest absolute Gasteiger partial charge is 0.356 e. The van der Waals surface area contributed by atoms with Gasteiger partial charge in [-0.1, -0.05) is 33.1 Å². The standard InChI is InChI=1S/C18H31N5OS.HI/c1-13(2)15-12-25-17(23-15)11-21-18(19-3)20-10-9-16(24)22-14-7-5-4-6-8-14;/h12-14H,4-11H2,1-3H3,(H,22,24)(H2,19,20,21);1H. The van der Waals surface area contributed by atoms with Crippen molar-refractivity contribution in [1.82, 2.24) is 20.9 Å². The van der Waals surface area contributed by atoms with Crippen LogP contribution in [0.1, 0.15) is 69.0 Å². The Hall–Kier alpha value is -0.900. The number of nitrogens with zero attached hydrogens (tertiary/aromatic N) is 2. The van der Waals surface area contributed by atoms with Gasteiger partial charge in [0, 0.05) is 31.4 Å². The Morgan fingerprint density at radius 3 is 2.65 bits per heavy atom. The molecule has 6 nitrogen and oxygen atoms in total. The van der Waals surface area contributed by atoms with Gasteiger partial charge in [0.15, 0.2) is 5.96 Å². The number of thiazole rings is 1. The molecule has 0 radical (unpaired) electrons. The highest BCUT2D eigenvalue weighted by Crippen LogP contribution is 2.18. The van der Waals surface area contributed by atoms with E-state index in [2.05, 4.69) is 45.2 Å². The maximum Gasteiger partial charge on any atom is 0.221 e. The van der Waals surface area contributed by atoms with E-state index in [-0.39, 0.29) is 29.9 Å². The number of amides is 1. The lowest BCUT2D eigenvalue weighted by atomic mass is 9.95. The lowest BCUT2D eigenvalue weighted by molar-refractivity contribution is -0.121. The molecule has 2 rings (SSSR count). The Morgan fingerprint density at radius 2 is 2.04 bits per heavy atom. The van der Waals surface area contributed by atoms with E-state index >= 15 is 0 Å². The minimum atomic E-state index is 0. The van der Waals surface area contributed by atoms with Crippen LogP contribution in [0.5, 0.6) is 0 Å². The van der Waals surface area contributed by atoms with E-state index in [1.807, 2.05) is 0 Å². The molecule has 1 amide bonds. The summed E-state index contributed by atoms with van der Waals surface area (Å²) in [6, 6.07) is 0.374. The van der Waals surface area contributed by atoms with E-state index in [0.29, 0.717) is 37.4 Å². The molecule has 1 heterocycles. The molecule has 1 saturated carbocycles. The third kappa shape index (κ3) is 8.20. The van der Waals surface area contributed by atoms with Crippen molar-refractivity contribution in [2.75, 3.05) is 13.6 Å². The van der Waals surface area contributed by atoms with Crippen LogP contribution in [0.4, 0.5) is 0 Å². The zero-order valence-corrected chi connectivity index (χ0v) is 19.2. The van der Waals surface area contributed by atoms with Gasteiger partial charge >= 0.3 is 0 Å². The van der Waals surface area contributed by atoms with Crippen LogP contribution in [0.3, 0.4) is 0 Å². The first-order valence-electron chi connectivity index (χ1n) is 9.26. The van der Waals surface area contributed by atoms with Crippen molar-refractivity contribution in [2.45, 2.75) is 70.9 Å². The number of carbonyl (C=O) groups excluding carboxylic acids is 1. The van der Waals surface area contributed by atoms with Crippen molar-refractivity contribution in [1.29, 1.82) is 0 Å². The summed E-state index contributed by atoms with van der Waals surface area (Å²) in [6.07, 6.45) is 6.47. The fourth-order valence-electron chi connectivity index (χ4n) is 2.89. The summed E-state index contributed by atoms with van der Waals surface area (Å²) in [5.74, 6) is 1.27. The molecule has 0 bridgehead atoms. The highest BCUT2D eigenvalue weighted by Gasteiger charge is 2.15. The molecule has 0 aliphatic heterocycles. The van der Waals surface area contributed by atoms with Gasteiger partial charge in [0.2, 0.25) is 5.91 Å². The lowest BCUT2D eigenvalue weighted by Crippen LogP contribution is -2.41. The fraction of sp³-hybridized carbons (Fsp3) is 0.722. The van der Waals surface area contributed by atoms with E-state index < -0.39 is 0 Å². The monoisotopic (exact) mass is 493 g/mol. The van der Waals surface area contributed by atoms with Gasteiger partial charge in [0.1, 0.15) is 5.01 Å². The topological polar surface area (TPSA) is 78.4 Å². The summed E-state index contributed by atoms with van der Waals surface area (Å²) in [7, 11) is 1.73. The Kier molecular flexibility index (Phi) is 11.1. The third-order valence-corrected chi connectivity index (χ3v) is 5.27. The van der Waals surface area contributed by atoms with E-state index in [9.17, 15) is 4.79 Å². The highest BCUT2D eigenvalue weighted by atomic mass is 127. The van der Waals surface area contributed by atoms with Gasteiger partial charge in [-0.2, -0.15) is 0 Å². The average Bonchev–Trinajstić information content (AvgIpc) is 3.08. The lowest BCUT2D eigenvalue weighted by Gasteiger charge is -2.22.